The van der Waals surface area contributed by atoms with E-state index in [4.69, 9.17) is 9.84 Å². The quantitative estimate of drug-likeness (QED) is 0.414. The minimum absolute atomic E-state index is 0.363. The molecule has 0 heterocycles. The number of esters is 2. The molecule has 0 aliphatic rings. The van der Waals surface area contributed by atoms with E-state index in [0.717, 1.165) is 13.3 Å². The van der Waals surface area contributed by atoms with E-state index < -0.39 is 41.6 Å². The van der Waals surface area contributed by atoms with Crippen molar-refractivity contribution >= 4 is 11.9 Å². The summed E-state index contributed by atoms with van der Waals surface area (Å²) in [7, 11) is 0. The molecular formula is C17H26F6O5. The maximum absolute atomic E-state index is 12.7. The number of rotatable bonds is 10. The van der Waals surface area contributed by atoms with Crippen molar-refractivity contribution in [1.29, 1.82) is 0 Å². The van der Waals surface area contributed by atoms with Gasteiger partial charge < -0.3 is 14.6 Å². The van der Waals surface area contributed by atoms with Crippen molar-refractivity contribution in [2.45, 2.75) is 95.9 Å². The molecule has 0 saturated heterocycles. The SMILES string of the molecule is CCCCC(CC)(CCC)OC(=O)C(C)OC(=O)C(O)(C(F)(F)F)C(F)(F)F. The molecule has 28 heavy (non-hydrogen) atoms. The molecule has 2 atom stereocenters. The molecule has 0 saturated carbocycles. The fourth-order valence-electron chi connectivity index (χ4n) is 2.59. The molecule has 0 rings (SSSR count). The van der Waals surface area contributed by atoms with Crippen LogP contribution >= 0.6 is 0 Å². The largest absolute Gasteiger partial charge is 0.456 e. The van der Waals surface area contributed by atoms with Gasteiger partial charge in [0.05, 0.1) is 0 Å². The summed E-state index contributed by atoms with van der Waals surface area (Å²) in [5.41, 5.74) is -6.71. The maximum Gasteiger partial charge on any atom is 0.437 e. The lowest BCUT2D eigenvalue weighted by Crippen LogP contribution is -2.63. The number of hydrogen-bond donors (Lipinski definition) is 1. The number of alkyl halides is 6. The third-order valence-corrected chi connectivity index (χ3v) is 4.38. The molecule has 1 N–H and O–H groups in total. The van der Waals surface area contributed by atoms with Crippen molar-refractivity contribution < 1.29 is 50.5 Å². The van der Waals surface area contributed by atoms with E-state index >= 15 is 0 Å². The van der Waals surface area contributed by atoms with Crippen LogP contribution in [0.15, 0.2) is 0 Å². The lowest BCUT2D eigenvalue weighted by atomic mass is 9.89. The number of hydrogen-bond acceptors (Lipinski definition) is 5. The molecule has 0 spiro atoms. The molecule has 0 amide bonds. The number of carbonyl (C=O) groups excluding carboxylic acids is 2. The maximum atomic E-state index is 12.7. The molecule has 2 unspecified atom stereocenters. The van der Waals surface area contributed by atoms with Crippen molar-refractivity contribution in [3.8, 4) is 0 Å². The number of ether oxygens (including phenoxy) is 2. The van der Waals surface area contributed by atoms with E-state index in [1.165, 1.54) is 0 Å². The lowest BCUT2D eigenvalue weighted by Gasteiger charge is -2.34. The molecule has 166 valence electrons. The van der Waals surface area contributed by atoms with Crippen LogP contribution in [-0.4, -0.2) is 46.7 Å². The average molecular weight is 424 g/mol. The zero-order valence-electron chi connectivity index (χ0n) is 16.2. The first-order valence-corrected chi connectivity index (χ1v) is 8.91. The van der Waals surface area contributed by atoms with Gasteiger partial charge in [0, 0.05) is 0 Å². The molecule has 0 bridgehead atoms. The van der Waals surface area contributed by atoms with Gasteiger partial charge in [-0.25, -0.2) is 9.59 Å². The van der Waals surface area contributed by atoms with Gasteiger partial charge in [-0.1, -0.05) is 33.6 Å². The fourth-order valence-corrected chi connectivity index (χ4v) is 2.59. The number of carbonyl (C=O) groups is 2. The predicted molar refractivity (Wildman–Crippen MR) is 86.2 cm³/mol. The fraction of sp³-hybridized carbons (Fsp3) is 0.882. The standard InChI is InChI=1S/C17H26F6O5/c1-5-8-10-14(7-3,9-6-2)28-12(24)11(4)27-13(25)15(26,16(18,19)20)17(21,22)23/h11,26H,5-10H2,1-4H3. The summed E-state index contributed by atoms with van der Waals surface area (Å²) in [5, 5.41) is 8.99. The van der Waals surface area contributed by atoms with Crippen molar-refractivity contribution in [1.82, 2.24) is 0 Å². The van der Waals surface area contributed by atoms with Crippen LogP contribution < -0.4 is 0 Å². The van der Waals surface area contributed by atoms with Crippen LogP contribution in [0.5, 0.6) is 0 Å². The molecular weight excluding hydrogens is 398 g/mol. The van der Waals surface area contributed by atoms with Gasteiger partial charge in [-0.2, -0.15) is 26.3 Å². The Morgan fingerprint density at radius 1 is 0.929 bits per heavy atom. The van der Waals surface area contributed by atoms with Gasteiger partial charge in [-0.05, 0) is 32.6 Å². The Morgan fingerprint density at radius 2 is 1.43 bits per heavy atom. The van der Waals surface area contributed by atoms with Crippen molar-refractivity contribution in [2.75, 3.05) is 0 Å². The smallest absolute Gasteiger partial charge is 0.437 e. The molecule has 0 aromatic heterocycles. The van der Waals surface area contributed by atoms with E-state index in [-0.39, 0.29) is 0 Å². The van der Waals surface area contributed by atoms with Crippen LogP contribution in [0.2, 0.25) is 0 Å². The number of aliphatic hydroxyl groups is 1. The summed E-state index contributed by atoms with van der Waals surface area (Å²) >= 11 is 0. The zero-order valence-corrected chi connectivity index (χ0v) is 16.2. The molecule has 11 heteroatoms. The molecule has 0 aromatic carbocycles. The van der Waals surface area contributed by atoms with E-state index in [1.54, 1.807) is 6.92 Å². The van der Waals surface area contributed by atoms with Gasteiger partial charge >= 0.3 is 29.9 Å². The molecule has 0 fully saturated rings. The average Bonchev–Trinajstić information content (AvgIpc) is 2.56. The highest BCUT2D eigenvalue weighted by atomic mass is 19.4. The Kier molecular flexibility index (Phi) is 9.26. The topological polar surface area (TPSA) is 72.8 Å². The Hall–Kier alpha value is -1.52. The third-order valence-electron chi connectivity index (χ3n) is 4.38. The van der Waals surface area contributed by atoms with E-state index in [1.807, 2.05) is 13.8 Å². The second kappa shape index (κ2) is 9.80. The first kappa shape index (κ1) is 26.5. The number of unbranched alkanes of at least 4 members (excludes halogenated alkanes) is 1. The van der Waals surface area contributed by atoms with Crippen LogP contribution in [0.25, 0.3) is 0 Å². The van der Waals surface area contributed by atoms with Gasteiger partial charge in [-0.15, -0.1) is 0 Å². The van der Waals surface area contributed by atoms with Gasteiger partial charge in [0.25, 0.3) is 0 Å². The first-order valence-electron chi connectivity index (χ1n) is 8.91. The Morgan fingerprint density at radius 3 is 1.79 bits per heavy atom. The molecule has 0 aromatic rings. The van der Waals surface area contributed by atoms with Crippen LogP contribution in [0.3, 0.4) is 0 Å². The first-order chi connectivity index (χ1) is 12.6. The van der Waals surface area contributed by atoms with E-state index in [2.05, 4.69) is 4.74 Å². The van der Waals surface area contributed by atoms with Crippen LogP contribution in [0, 0.1) is 0 Å². The summed E-state index contributed by atoms with van der Waals surface area (Å²) in [5.74, 6) is -4.32. The summed E-state index contributed by atoms with van der Waals surface area (Å²) in [6.45, 7) is 6.22. The molecule has 0 radical (unpaired) electrons. The van der Waals surface area contributed by atoms with Crippen LogP contribution in [0.4, 0.5) is 26.3 Å². The Labute approximate surface area is 159 Å². The van der Waals surface area contributed by atoms with Gasteiger partial charge in [0.1, 0.15) is 5.60 Å². The highest BCUT2D eigenvalue weighted by Crippen LogP contribution is 2.44. The third kappa shape index (κ3) is 5.99. The monoisotopic (exact) mass is 424 g/mol. The van der Waals surface area contributed by atoms with Gasteiger partial charge in [-0.3, -0.25) is 0 Å². The lowest BCUT2D eigenvalue weighted by molar-refractivity contribution is -0.357. The zero-order chi connectivity index (χ0) is 22.4. The predicted octanol–water partition coefficient (Wildman–Crippen LogP) is 4.46. The summed E-state index contributed by atoms with van der Waals surface area (Å²) < 4.78 is 85.4. The Bertz CT molecular complexity index is 517. The summed E-state index contributed by atoms with van der Waals surface area (Å²) in [6, 6.07) is 0. The Balaban J connectivity index is 5.44. The second-order valence-corrected chi connectivity index (χ2v) is 6.56. The molecule has 5 nitrogen and oxygen atoms in total. The van der Waals surface area contributed by atoms with Crippen LogP contribution in [-0.2, 0) is 19.1 Å². The second-order valence-electron chi connectivity index (χ2n) is 6.56. The highest BCUT2D eigenvalue weighted by Gasteiger charge is 2.77. The summed E-state index contributed by atoms with van der Waals surface area (Å²) in [6.07, 6.45) is -11.6. The number of halogens is 6. The minimum Gasteiger partial charge on any atom is -0.456 e. The molecule has 0 aliphatic carbocycles. The summed E-state index contributed by atoms with van der Waals surface area (Å²) in [4.78, 5) is 23.7. The van der Waals surface area contributed by atoms with Crippen molar-refractivity contribution in [3.05, 3.63) is 0 Å². The van der Waals surface area contributed by atoms with Gasteiger partial charge in [0.2, 0.25) is 0 Å². The minimum atomic E-state index is -6.39. The van der Waals surface area contributed by atoms with Gasteiger partial charge in [0.15, 0.2) is 6.10 Å². The van der Waals surface area contributed by atoms with E-state index in [9.17, 15) is 35.9 Å². The van der Waals surface area contributed by atoms with Crippen LogP contribution in [0.1, 0.15) is 66.2 Å². The van der Waals surface area contributed by atoms with E-state index in [0.29, 0.717) is 32.1 Å². The van der Waals surface area contributed by atoms with Crippen molar-refractivity contribution in [3.63, 3.8) is 0 Å². The molecule has 0 aliphatic heterocycles. The highest BCUT2D eigenvalue weighted by molar-refractivity contribution is 5.85. The van der Waals surface area contributed by atoms with Crippen molar-refractivity contribution in [2.24, 2.45) is 0 Å². The normalized spacial score (nSPS) is 16.2.